The lowest BCUT2D eigenvalue weighted by Crippen LogP contribution is -2.09. The van der Waals surface area contributed by atoms with E-state index in [4.69, 9.17) is 10.2 Å². The summed E-state index contributed by atoms with van der Waals surface area (Å²) in [5.41, 5.74) is 0. The van der Waals surface area contributed by atoms with E-state index in [2.05, 4.69) is 4.74 Å². The first-order valence-electron chi connectivity index (χ1n) is 4.07. The molecule has 0 aromatic rings. The summed E-state index contributed by atoms with van der Waals surface area (Å²) in [5, 5.41) is 15.2. The highest BCUT2D eigenvalue weighted by molar-refractivity contribution is 5.84. The minimum Gasteiger partial charge on any atom is -0.394 e. The van der Waals surface area contributed by atoms with Crippen LogP contribution in [0.15, 0.2) is 0 Å². The first-order chi connectivity index (χ1) is 6.12. The van der Waals surface area contributed by atoms with E-state index >= 15 is 0 Å². The SMILES string of the molecule is CCC(=O)OC(=O)CC.OCCO. The largest absolute Gasteiger partial charge is 0.394 e. The van der Waals surface area contributed by atoms with Gasteiger partial charge in [-0.1, -0.05) is 13.8 Å². The van der Waals surface area contributed by atoms with Crippen molar-refractivity contribution in [3.05, 3.63) is 0 Å². The van der Waals surface area contributed by atoms with Crippen molar-refractivity contribution in [1.29, 1.82) is 0 Å². The Hall–Kier alpha value is -0.940. The topological polar surface area (TPSA) is 83.8 Å². The highest BCUT2D eigenvalue weighted by Gasteiger charge is 2.03. The Bertz CT molecular complexity index is 127. The van der Waals surface area contributed by atoms with Crippen LogP contribution >= 0.6 is 0 Å². The smallest absolute Gasteiger partial charge is 0.313 e. The van der Waals surface area contributed by atoms with Crippen molar-refractivity contribution in [2.75, 3.05) is 13.2 Å². The van der Waals surface area contributed by atoms with Gasteiger partial charge < -0.3 is 14.9 Å². The summed E-state index contributed by atoms with van der Waals surface area (Å²) in [6.45, 7) is 3.04. The summed E-state index contributed by atoms with van der Waals surface area (Å²) in [6, 6.07) is 0. The van der Waals surface area contributed by atoms with Gasteiger partial charge >= 0.3 is 11.9 Å². The van der Waals surface area contributed by atoms with E-state index in [0.29, 0.717) is 0 Å². The van der Waals surface area contributed by atoms with Crippen molar-refractivity contribution in [3.8, 4) is 0 Å². The van der Waals surface area contributed by atoms with Crippen molar-refractivity contribution in [2.24, 2.45) is 0 Å². The van der Waals surface area contributed by atoms with Crippen LogP contribution < -0.4 is 0 Å². The second kappa shape index (κ2) is 11.1. The maximum atomic E-state index is 10.3. The van der Waals surface area contributed by atoms with Crippen molar-refractivity contribution in [3.63, 3.8) is 0 Å². The van der Waals surface area contributed by atoms with Crippen molar-refractivity contribution >= 4 is 11.9 Å². The van der Waals surface area contributed by atoms with Gasteiger partial charge in [-0.2, -0.15) is 0 Å². The first kappa shape index (κ1) is 14.6. The molecule has 0 fully saturated rings. The summed E-state index contributed by atoms with van der Waals surface area (Å²) >= 11 is 0. The van der Waals surface area contributed by atoms with E-state index in [1.165, 1.54) is 0 Å². The second-order valence-corrected chi connectivity index (χ2v) is 2.00. The molecule has 2 N–H and O–H groups in total. The molecule has 5 nitrogen and oxygen atoms in total. The molecule has 13 heavy (non-hydrogen) atoms. The minimum atomic E-state index is -0.457. The van der Waals surface area contributed by atoms with E-state index in [9.17, 15) is 9.59 Å². The molecule has 0 saturated heterocycles. The molecule has 78 valence electrons. The lowest BCUT2D eigenvalue weighted by Gasteiger charge is -1.95. The van der Waals surface area contributed by atoms with Gasteiger partial charge in [0.1, 0.15) is 0 Å². The van der Waals surface area contributed by atoms with Gasteiger partial charge in [0.15, 0.2) is 0 Å². The number of esters is 2. The van der Waals surface area contributed by atoms with Gasteiger partial charge in [0.2, 0.25) is 0 Å². The maximum Gasteiger partial charge on any atom is 0.313 e. The van der Waals surface area contributed by atoms with Crippen molar-refractivity contribution < 1.29 is 24.5 Å². The van der Waals surface area contributed by atoms with Gasteiger partial charge in [-0.25, -0.2) is 0 Å². The lowest BCUT2D eigenvalue weighted by atomic mass is 10.5. The van der Waals surface area contributed by atoms with E-state index in [1.54, 1.807) is 13.8 Å². The molecule has 0 atom stereocenters. The molecule has 0 aliphatic carbocycles. The van der Waals surface area contributed by atoms with Crippen LogP contribution in [-0.2, 0) is 14.3 Å². The molecule has 0 amide bonds. The molecular formula is C8H16O5. The molecule has 0 aromatic carbocycles. The van der Waals surface area contributed by atoms with Gasteiger partial charge in [0, 0.05) is 12.8 Å². The van der Waals surface area contributed by atoms with Crippen LogP contribution in [0.2, 0.25) is 0 Å². The zero-order valence-corrected chi connectivity index (χ0v) is 7.95. The van der Waals surface area contributed by atoms with Crippen molar-refractivity contribution in [2.45, 2.75) is 26.7 Å². The normalized spacial score (nSPS) is 8.31. The highest BCUT2D eigenvalue weighted by Crippen LogP contribution is 1.88. The molecular weight excluding hydrogens is 176 g/mol. The summed E-state index contributed by atoms with van der Waals surface area (Å²) in [4.78, 5) is 20.7. The lowest BCUT2D eigenvalue weighted by molar-refractivity contribution is -0.159. The Labute approximate surface area is 77.3 Å². The van der Waals surface area contributed by atoms with E-state index in [1.807, 2.05) is 0 Å². The number of carbonyl (C=O) groups excluding carboxylic acids is 2. The van der Waals surface area contributed by atoms with Crippen LogP contribution in [-0.4, -0.2) is 35.4 Å². The Balaban J connectivity index is 0. The minimum absolute atomic E-state index is 0.125. The predicted molar refractivity (Wildman–Crippen MR) is 45.9 cm³/mol. The van der Waals surface area contributed by atoms with E-state index < -0.39 is 11.9 Å². The number of carbonyl (C=O) groups is 2. The molecule has 0 radical (unpaired) electrons. The zero-order valence-electron chi connectivity index (χ0n) is 7.95. The van der Waals surface area contributed by atoms with Crippen LogP contribution in [0.5, 0.6) is 0 Å². The molecule has 0 bridgehead atoms. The highest BCUT2D eigenvalue weighted by atomic mass is 16.6. The molecule has 0 spiro atoms. The van der Waals surface area contributed by atoms with Crippen LogP contribution in [0.1, 0.15) is 26.7 Å². The Morgan fingerprint density at radius 1 is 1.00 bits per heavy atom. The molecule has 0 unspecified atom stereocenters. The Morgan fingerprint density at radius 2 is 1.31 bits per heavy atom. The summed E-state index contributed by atoms with van der Waals surface area (Å²) < 4.78 is 4.27. The number of hydrogen-bond donors (Lipinski definition) is 2. The number of aliphatic hydroxyl groups is 2. The number of rotatable bonds is 3. The molecule has 0 saturated carbocycles. The third kappa shape index (κ3) is 14.0. The fourth-order valence-electron chi connectivity index (χ4n) is 0.271. The standard InChI is InChI=1S/C6H10O3.C2H6O2/c1-3-5(7)9-6(8)4-2;3-1-2-4/h3-4H2,1-2H3;3-4H,1-2H2. The van der Waals surface area contributed by atoms with Crippen LogP contribution in [0.3, 0.4) is 0 Å². The van der Waals surface area contributed by atoms with Crippen LogP contribution in [0.4, 0.5) is 0 Å². The predicted octanol–water partition coefficient (Wildman–Crippen LogP) is -0.153. The number of hydrogen-bond acceptors (Lipinski definition) is 5. The Kier molecular flexibility index (Phi) is 12.4. The van der Waals surface area contributed by atoms with Gasteiger partial charge in [0.25, 0.3) is 0 Å². The quantitative estimate of drug-likeness (QED) is 0.479. The van der Waals surface area contributed by atoms with E-state index in [-0.39, 0.29) is 26.1 Å². The third-order valence-corrected chi connectivity index (χ3v) is 0.905. The molecule has 0 rings (SSSR count). The van der Waals surface area contributed by atoms with Crippen LogP contribution in [0, 0.1) is 0 Å². The molecule has 0 aliphatic heterocycles. The van der Waals surface area contributed by atoms with Gasteiger partial charge in [-0.3, -0.25) is 9.59 Å². The monoisotopic (exact) mass is 192 g/mol. The van der Waals surface area contributed by atoms with Crippen molar-refractivity contribution in [1.82, 2.24) is 0 Å². The summed E-state index contributed by atoms with van der Waals surface area (Å²) in [7, 11) is 0. The summed E-state index contributed by atoms with van der Waals surface area (Å²) in [6.07, 6.45) is 0.511. The molecule has 0 heterocycles. The van der Waals surface area contributed by atoms with Crippen LogP contribution in [0.25, 0.3) is 0 Å². The number of ether oxygens (including phenoxy) is 1. The number of aliphatic hydroxyl groups excluding tert-OH is 2. The van der Waals surface area contributed by atoms with Gasteiger partial charge in [0.05, 0.1) is 13.2 Å². The molecule has 5 heteroatoms. The third-order valence-electron chi connectivity index (χ3n) is 0.905. The maximum absolute atomic E-state index is 10.3. The van der Waals surface area contributed by atoms with E-state index in [0.717, 1.165) is 0 Å². The average molecular weight is 192 g/mol. The second-order valence-electron chi connectivity index (χ2n) is 2.00. The van der Waals surface area contributed by atoms with Gasteiger partial charge in [-0.05, 0) is 0 Å². The summed E-state index contributed by atoms with van der Waals surface area (Å²) in [5.74, 6) is -0.913. The first-order valence-corrected chi connectivity index (χ1v) is 4.07. The fourth-order valence-corrected chi connectivity index (χ4v) is 0.271. The molecule has 0 aliphatic rings. The fraction of sp³-hybridized carbons (Fsp3) is 0.750. The average Bonchev–Trinajstić information content (AvgIpc) is 2.17. The molecule has 0 aromatic heterocycles. The van der Waals surface area contributed by atoms with Gasteiger partial charge in [-0.15, -0.1) is 0 Å². The zero-order chi connectivity index (χ0) is 10.7. The Morgan fingerprint density at radius 3 is 1.46 bits per heavy atom.